The van der Waals surface area contributed by atoms with E-state index < -0.39 is 0 Å². The lowest BCUT2D eigenvalue weighted by atomic mass is 9.99. The van der Waals surface area contributed by atoms with Gasteiger partial charge in [-0.05, 0) is 55.8 Å². The zero-order valence-corrected chi connectivity index (χ0v) is 19.7. The number of nitrogens with two attached hydrogens (primary N) is 1. The van der Waals surface area contributed by atoms with Gasteiger partial charge in [-0.2, -0.15) is 5.26 Å². The van der Waals surface area contributed by atoms with Crippen molar-refractivity contribution in [3.8, 4) is 6.07 Å². The van der Waals surface area contributed by atoms with Crippen molar-refractivity contribution < 1.29 is 4.79 Å². The van der Waals surface area contributed by atoms with Crippen LogP contribution in [0.3, 0.4) is 0 Å². The molecule has 33 heavy (non-hydrogen) atoms. The molecule has 0 saturated carbocycles. The molecule has 1 aromatic carbocycles. The SMILES string of the molecule is CCC(=O)Nc1ccc(Sc2nc(N=C(N)CC(C)=N)cc(N3CCC(C#N)CC3)n2)cc1. The van der Waals surface area contributed by atoms with E-state index in [0.717, 1.165) is 42.3 Å². The first-order chi connectivity index (χ1) is 15.9. The molecule has 0 atom stereocenters. The number of benzene rings is 1. The molecule has 0 aliphatic carbocycles. The third kappa shape index (κ3) is 7.29. The van der Waals surface area contributed by atoms with Crippen molar-refractivity contribution in [2.24, 2.45) is 16.6 Å². The number of aromatic nitrogens is 2. The fraction of sp³-hybridized carbons (Fsp3) is 0.391. The molecule has 2 aromatic rings. The van der Waals surface area contributed by atoms with E-state index in [4.69, 9.17) is 16.1 Å². The minimum atomic E-state index is -0.0353. The van der Waals surface area contributed by atoms with Gasteiger partial charge in [-0.15, -0.1) is 0 Å². The minimum absolute atomic E-state index is 0.0353. The van der Waals surface area contributed by atoms with E-state index >= 15 is 0 Å². The highest BCUT2D eigenvalue weighted by molar-refractivity contribution is 7.99. The summed E-state index contributed by atoms with van der Waals surface area (Å²) in [5.74, 6) is 1.55. The van der Waals surface area contributed by atoms with Gasteiger partial charge in [-0.25, -0.2) is 15.0 Å². The smallest absolute Gasteiger partial charge is 0.224 e. The van der Waals surface area contributed by atoms with Crippen molar-refractivity contribution in [1.29, 1.82) is 10.7 Å². The Bertz CT molecular complexity index is 1070. The standard InChI is InChI=1S/C23H28N8OS/c1-3-22(32)27-17-4-6-18(7-5-17)33-23-29-20(28-19(26)12-15(2)25)13-21(30-23)31-10-8-16(14-24)9-11-31/h4-7,13,16,25H,3,8-12H2,1-2H3,(H,27,32)(H2,26,28,29,30). The Morgan fingerprint density at radius 1 is 1.33 bits per heavy atom. The number of piperidine rings is 1. The highest BCUT2D eigenvalue weighted by atomic mass is 32.2. The first-order valence-electron chi connectivity index (χ1n) is 10.8. The number of amidine groups is 1. The topological polar surface area (TPSA) is 144 Å². The average molecular weight is 465 g/mol. The van der Waals surface area contributed by atoms with Crippen molar-refractivity contribution in [1.82, 2.24) is 9.97 Å². The van der Waals surface area contributed by atoms with Gasteiger partial charge >= 0.3 is 0 Å². The van der Waals surface area contributed by atoms with Crippen molar-refractivity contribution in [2.75, 3.05) is 23.3 Å². The number of amides is 1. The Morgan fingerprint density at radius 2 is 2.03 bits per heavy atom. The van der Waals surface area contributed by atoms with Crippen LogP contribution in [0.2, 0.25) is 0 Å². The van der Waals surface area contributed by atoms with Crippen molar-refractivity contribution in [3.05, 3.63) is 30.3 Å². The van der Waals surface area contributed by atoms with Crippen LogP contribution in [0.1, 0.15) is 39.5 Å². The molecular formula is C23H28N8OS. The van der Waals surface area contributed by atoms with Crippen molar-refractivity contribution in [3.63, 3.8) is 0 Å². The van der Waals surface area contributed by atoms with E-state index in [-0.39, 0.29) is 18.2 Å². The van der Waals surface area contributed by atoms with Crippen LogP contribution >= 0.6 is 11.8 Å². The van der Waals surface area contributed by atoms with Crippen LogP contribution in [0.15, 0.2) is 45.4 Å². The van der Waals surface area contributed by atoms with Crippen molar-refractivity contribution in [2.45, 2.75) is 49.6 Å². The molecule has 1 saturated heterocycles. The number of hydrogen-bond acceptors (Lipinski definition) is 8. The summed E-state index contributed by atoms with van der Waals surface area (Å²) in [5.41, 5.74) is 7.16. The van der Waals surface area contributed by atoms with E-state index in [1.54, 1.807) is 13.0 Å². The van der Waals surface area contributed by atoms with E-state index in [1.807, 2.05) is 31.2 Å². The summed E-state index contributed by atoms with van der Waals surface area (Å²) >= 11 is 1.39. The summed E-state index contributed by atoms with van der Waals surface area (Å²) in [6.45, 7) is 4.97. The summed E-state index contributed by atoms with van der Waals surface area (Å²) in [6, 6.07) is 11.6. The number of rotatable bonds is 8. The average Bonchev–Trinajstić information content (AvgIpc) is 2.79. The lowest BCUT2D eigenvalue weighted by molar-refractivity contribution is -0.115. The Kier molecular flexibility index (Phi) is 8.38. The molecular weight excluding hydrogens is 436 g/mol. The molecule has 4 N–H and O–H groups in total. The maximum atomic E-state index is 11.6. The molecule has 10 heteroatoms. The first kappa shape index (κ1) is 24.2. The summed E-state index contributed by atoms with van der Waals surface area (Å²) < 4.78 is 0. The van der Waals surface area contributed by atoms with Crippen molar-refractivity contribution >= 4 is 46.5 Å². The number of nitrogens with one attached hydrogen (secondary N) is 2. The van der Waals surface area contributed by atoms with Crippen LogP contribution < -0.4 is 16.0 Å². The van der Waals surface area contributed by atoms with Gasteiger partial charge in [0.05, 0.1) is 6.07 Å². The number of hydrogen-bond donors (Lipinski definition) is 3. The number of carbonyl (C=O) groups excluding carboxylic acids is 1. The van der Waals surface area contributed by atoms with Gasteiger partial charge in [0, 0.05) is 54.2 Å². The summed E-state index contributed by atoms with van der Waals surface area (Å²) in [7, 11) is 0. The molecule has 9 nitrogen and oxygen atoms in total. The largest absolute Gasteiger partial charge is 0.387 e. The van der Waals surface area contributed by atoms with E-state index in [1.165, 1.54) is 11.8 Å². The Labute approximate surface area is 198 Å². The predicted octanol–water partition coefficient (Wildman–Crippen LogP) is 4.13. The molecule has 1 aliphatic heterocycles. The van der Waals surface area contributed by atoms with Crippen LogP contribution in [-0.2, 0) is 4.79 Å². The van der Waals surface area contributed by atoms with Gasteiger partial charge in [0.15, 0.2) is 11.0 Å². The summed E-state index contributed by atoms with van der Waals surface area (Å²) in [4.78, 5) is 28.3. The number of carbonyl (C=O) groups is 1. The van der Waals surface area contributed by atoms with E-state index in [2.05, 4.69) is 26.3 Å². The van der Waals surface area contributed by atoms with Gasteiger partial charge in [-0.3, -0.25) is 4.79 Å². The van der Waals surface area contributed by atoms with E-state index in [0.29, 0.717) is 28.9 Å². The zero-order valence-electron chi connectivity index (χ0n) is 18.8. The quantitative estimate of drug-likeness (QED) is 0.302. The van der Waals surface area contributed by atoms with Crippen LogP contribution in [0.25, 0.3) is 0 Å². The van der Waals surface area contributed by atoms with Crippen LogP contribution in [0.5, 0.6) is 0 Å². The lowest BCUT2D eigenvalue weighted by Gasteiger charge is -2.30. The molecule has 0 radical (unpaired) electrons. The molecule has 3 rings (SSSR count). The Morgan fingerprint density at radius 3 is 2.64 bits per heavy atom. The zero-order chi connectivity index (χ0) is 23.8. The molecule has 0 unspecified atom stereocenters. The second-order valence-corrected chi connectivity index (χ2v) is 8.89. The van der Waals surface area contributed by atoms with Crippen LogP contribution in [0, 0.1) is 22.7 Å². The molecule has 2 heterocycles. The Balaban J connectivity index is 1.85. The number of nitriles is 1. The van der Waals surface area contributed by atoms with Gasteiger partial charge in [-0.1, -0.05) is 6.92 Å². The highest BCUT2D eigenvalue weighted by Crippen LogP contribution is 2.31. The molecule has 0 bridgehead atoms. The van der Waals surface area contributed by atoms with Crippen LogP contribution in [0.4, 0.5) is 17.3 Å². The predicted molar refractivity (Wildman–Crippen MR) is 131 cm³/mol. The normalized spacial score (nSPS) is 14.6. The monoisotopic (exact) mass is 464 g/mol. The molecule has 1 aliphatic rings. The second-order valence-electron chi connectivity index (χ2n) is 7.85. The molecule has 172 valence electrons. The van der Waals surface area contributed by atoms with E-state index in [9.17, 15) is 10.1 Å². The molecule has 0 spiro atoms. The van der Waals surface area contributed by atoms with Gasteiger partial charge in [0.2, 0.25) is 5.91 Å². The summed E-state index contributed by atoms with van der Waals surface area (Å²) in [5, 5.41) is 20.2. The second kappa shape index (κ2) is 11.4. The molecule has 1 amide bonds. The minimum Gasteiger partial charge on any atom is -0.387 e. The fourth-order valence-corrected chi connectivity index (χ4v) is 4.08. The van der Waals surface area contributed by atoms with Crippen LogP contribution in [-0.4, -0.2) is 40.5 Å². The summed E-state index contributed by atoms with van der Waals surface area (Å²) in [6.07, 6.45) is 2.29. The lowest BCUT2D eigenvalue weighted by Crippen LogP contribution is -2.33. The molecule has 1 fully saturated rings. The van der Waals surface area contributed by atoms with Gasteiger partial charge < -0.3 is 21.4 Å². The third-order valence-electron chi connectivity index (χ3n) is 5.05. The third-order valence-corrected chi connectivity index (χ3v) is 5.93. The number of anilines is 2. The highest BCUT2D eigenvalue weighted by Gasteiger charge is 2.21. The fourth-order valence-electron chi connectivity index (χ4n) is 3.32. The Hall–Kier alpha value is -3.45. The maximum Gasteiger partial charge on any atom is 0.224 e. The number of nitrogens with zero attached hydrogens (tertiary/aromatic N) is 5. The first-order valence-corrected chi connectivity index (χ1v) is 11.7. The molecule has 1 aromatic heterocycles. The van der Waals surface area contributed by atoms with Gasteiger partial charge in [0.1, 0.15) is 11.7 Å². The van der Waals surface area contributed by atoms with Gasteiger partial charge in [0.25, 0.3) is 0 Å². The number of aliphatic imine (C=N–C) groups is 1. The maximum absolute atomic E-state index is 11.6.